The minimum Gasteiger partial charge on any atom is -0.496 e. The van der Waals surface area contributed by atoms with Crippen LogP contribution in [0.1, 0.15) is 42.1 Å². The molecule has 0 aromatic heterocycles. The molecule has 3 heteroatoms. The first-order chi connectivity index (χ1) is 10.2. The third kappa shape index (κ3) is 2.99. The average molecular weight is 346 g/mol. The minimum atomic E-state index is 0.265. The first-order valence-corrected chi connectivity index (χ1v) is 8.15. The van der Waals surface area contributed by atoms with Crippen molar-refractivity contribution in [2.45, 2.75) is 31.8 Å². The topological polar surface area (TPSA) is 21.3 Å². The van der Waals surface area contributed by atoms with Crippen LogP contribution in [0.15, 0.2) is 46.9 Å². The Hall–Kier alpha value is -1.32. The molecule has 0 saturated heterocycles. The van der Waals surface area contributed by atoms with Crippen LogP contribution < -0.4 is 10.1 Å². The molecule has 2 aromatic rings. The molecule has 0 spiro atoms. The minimum absolute atomic E-state index is 0.265. The van der Waals surface area contributed by atoms with Gasteiger partial charge >= 0.3 is 0 Å². The number of benzene rings is 2. The first kappa shape index (κ1) is 14.6. The SMILES string of the molecule is COc1ccccc1[C@H](C)NC1CCc2cc(Br)ccc21. The quantitative estimate of drug-likeness (QED) is 0.859. The van der Waals surface area contributed by atoms with E-state index in [0.29, 0.717) is 6.04 Å². The molecule has 21 heavy (non-hydrogen) atoms. The molecule has 2 atom stereocenters. The van der Waals surface area contributed by atoms with Gasteiger partial charge in [0.25, 0.3) is 0 Å². The standard InChI is InChI=1S/C18H20BrNO/c1-12(15-5-3-4-6-18(15)21-2)20-17-10-7-13-11-14(19)8-9-16(13)17/h3-6,8-9,11-12,17,20H,7,10H2,1-2H3/t12-,17?/m0/s1. The number of hydrogen-bond acceptors (Lipinski definition) is 2. The molecule has 0 saturated carbocycles. The fourth-order valence-corrected chi connectivity index (χ4v) is 3.58. The first-order valence-electron chi connectivity index (χ1n) is 7.36. The van der Waals surface area contributed by atoms with E-state index in [0.717, 1.165) is 18.6 Å². The van der Waals surface area contributed by atoms with E-state index in [-0.39, 0.29) is 6.04 Å². The summed E-state index contributed by atoms with van der Waals surface area (Å²) in [6.45, 7) is 2.20. The van der Waals surface area contributed by atoms with Gasteiger partial charge in [-0.25, -0.2) is 0 Å². The van der Waals surface area contributed by atoms with Crippen molar-refractivity contribution in [2.24, 2.45) is 0 Å². The molecule has 1 aliphatic rings. The number of fused-ring (bicyclic) bond motifs is 1. The van der Waals surface area contributed by atoms with Gasteiger partial charge in [0.2, 0.25) is 0 Å². The zero-order valence-electron chi connectivity index (χ0n) is 12.4. The molecule has 0 radical (unpaired) electrons. The predicted molar refractivity (Wildman–Crippen MR) is 89.7 cm³/mol. The normalized spacial score (nSPS) is 18.3. The van der Waals surface area contributed by atoms with Gasteiger partial charge in [-0.05, 0) is 49.1 Å². The van der Waals surface area contributed by atoms with Gasteiger partial charge in [-0.15, -0.1) is 0 Å². The third-order valence-corrected chi connectivity index (χ3v) is 4.73. The van der Waals surface area contributed by atoms with Crippen LogP contribution >= 0.6 is 15.9 Å². The smallest absolute Gasteiger partial charge is 0.123 e. The summed E-state index contributed by atoms with van der Waals surface area (Å²) < 4.78 is 6.64. The van der Waals surface area contributed by atoms with E-state index in [1.54, 1.807) is 7.11 Å². The van der Waals surface area contributed by atoms with Crippen LogP contribution in [-0.4, -0.2) is 7.11 Å². The lowest BCUT2D eigenvalue weighted by Crippen LogP contribution is -2.23. The number of para-hydroxylation sites is 1. The van der Waals surface area contributed by atoms with Crippen molar-refractivity contribution >= 4 is 15.9 Å². The number of methoxy groups -OCH3 is 1. The molecule has 0 aliphatic heterocycles. The van der Waals surface area contributed by atoms with Crippen LogP contribution in [-0.2, 0) is 6.42 Å². The van der Waals surface area contributed by atoms with Crippen LogP contribution in [0.25, 0.3) is 0 Å². The Labute approximate surface area is 134 Å². The Bertz CT molecular complexity index is 641. The molecule has 0 bridgehead atoms. The molecule has 0 amide bonds. The number of halogens is 1. The van der Waals surface area contributed by atoms with Crippen LogP contribution in [0.2, 0.25) is 0 Å². The molecule has 0 fully saturated rings. The van der Waals surface area contributed by atoms with E-state index in [4.69, 9.17) is 4.74 Å². The van der Waals surface area contributed by atoms with E-state index < -0.39 is 0 Å². The van der Waals surface area contributed by atoms with Crippen molar-refractivity contribution < 1.29 is 4.74 Å². The summed E-state index contributed by atoms with van der Waals surface area (Å²) in [5.74, 6) is 0.950. The van der Waals surface area contributed by atoms with Crippen LogP contribution in [0.3, 0.4) is 0 Å². The van der Waals surface area contributed by atoms with E-state index in [2.05, 4.69) is 58.5 Å². The summed E-state index contributed by atoms with van der Waals surface area (Å²) in [7, 11) is 1.73. The number of aryl methyl sites for hydroxylation is 1. The number of hydrogen-bond donors (Lipinski definition) is 1. The van der Waals surface area contributed by atoms with Crippen molar-refractivity contribution in [1.82, 2.24) is 5.32 Å². The van der Waals surface area contributed by atoms with Crippen molar-refractivity contribution in [3.63, 3.8) is 0 Å². The van der Waals surface area contributed by atoms with Gasteiger partial charge in [0, 0.05) is 22.1 Å². The van der Waals surface area contributed by atoms with Crippen molar-refractivity contribution in [1.29, 1.82) is 0 Å². The van der Waals surface area contributed by atoms with Crippen LogP contribution in [0.5, 0.6) is 5.75 Å². The highest BCUT2D eigenvalue weighted by Crippen LogP contribution is 2.35. The Kier molecular flexibility index (Phi) is 4.32. The second-order valence-electron chi connectivity index (χ2n) is 5.56. The summed E-state index contributed by atoms with van der Waals surface area (Å²) >= 11 is 3.55. The summed E-state index contributed by atoms with van der Waals surface area (Å²) in [5, 5.41) is 3.75. The molecular weight excluding hydrogens is 326 g/mol. The zero-order valence-corrected chi connectivity index (χ0v) is 14.0. The largest absolute Gasteiger partial charge is 0.496 e. The zero-order chi connectivity index (χ0) is 14.8. The highest BCUT2D eigenvalue weighted by atomic mass is 79.9. The van der Waals surface area contributed by atoms with Gasteiger partial charge in [0.05, 0.1) is 7.11 Å². The predicted octanol–water partition coefficient (Wildman–Crippen LogP) is 4.80. The summed E-state index contributed by atoms with van der Waals surface area (Å²) in [4.78, 5) is 0. The molecular formula is C18H20BrNO. The Morgan fingerprint density at radius 2 is 2.05 bits per heavy atom. The molecule has 1 aliphatic carbocycles. The fraction of sp³-hybridized carbons (Fsp3) is 0.333. The Balaban J connectivity index is 1.79. The maximum absolute atomic E-state index is 5.47. The lowest BCUT2D eigenvalue weighted by Gasteiger charge is -2.22. The summed E-state index contributed by atoms with van der Waals surface area (Å²) in [6, 6.07) is 15.5. The highest BCUT2D eigenvalue weighted by molar-refractivity contribution is 9.10. The Morgan fingerprint density at radius 3 is 2.86 bits per heavy atom. The molecule has 3 rings (SSSR count). The second-order valence-corrected chi connectivity index (χ2v) is 6.48. The molecule has 110 valence electrons. The molecule has 2 aromatic carbocycles. The van der Waals surface area contributed by atoms with Gasteiger partial charge < -0.3 is 10.1 Å². The summed E-state index contributed by atoms with van der Waals surface area (Å²) in [5.41, 5.74) is 4.10. The van der Waals surface area contributed by atoms with Crippen molar-refractivity contribution in [2.75, 3.05) is 7.11 Å². The number of nitrogens with one attached hydrogen (secondary N) is 1. The van der Waals surface area contributed by atoms with Crippen molar-refractivity contribution in [3.05, 3.63) is 63.6 Å². The van der Waals surface area contributed by atoms with Crippen LogP contribution in [0.4, 0.5) is 0 Å². The monoisotopic (exact) mass is 345 g/mol. The van der Waals surface area contributed by atoms with Gasteiger partial charge in [0.1, 0.15) is 5.75 Å². The fourth-order valence-electron chi connectivity index (χ4n) is 3.17. The maximum Gasteiger partial charge on any atom is 0.123 e. The van der Waals surface area contributed by atoms with E-state index in [9.17, 15) is 0 Å². The van der Waals surface area contributed by atoms with Crippen molar-refractivity contribution in [3.8, 4) is 5.75 Å². The Morgan fingerprint density at radius 1 is 1.24 bits per heavy atom. The van der Waals surface area contributed by atoms with E-state index in [1.165, 1.54) is 21.2 Å². The molecule has 2 nitrogen and oxygen atoms in total. The van der Waals surface area contributed by atoms with Crippen LogP contribution in [0, 0.1) is 0 Å². The van der Waals surface area contributed by atoms with Gasteiger partial charge in [-0.3, -0.25) is 0 Å². The highest BCUT2D eigenvalue weighted by Gasteiger charge is 2.24. The third-order valence-electron chi connectivity index (χ3n) is 4.24. The average Bonchev–Trinajstić information content (AvgIpc) is 2.89. The number of ether oxygens (including phenoxy) is 1. The van der Waals surface area contributed by atoms with E-state index >= 15 is 0 Å². The number of rotatable bonds is 4. The van der Waals surface area contributed by atoms with Gasteiger partial charge in [-0.1, -0.05) is 40.2 Å². The second kappa shape index (κ2) is 6.20. The molecule has 0 heterocycles. The maximum atomic E-state index is 5.47. The lowest BCUT2D eigenvalue weighted by atomic mass is 10.0. The molecule has 1 unspecified atom stereocenters. The van der Waals surface area contributed by atoms with E-state index in [1.807, 2.05) is 12.1 Å². The lowest BCUT2D eigenvalue weighted by molar-refractivity contribution is 0.393. The molecule has 1 N–H and O–H groups in total. The van der Waals surface area contributed by atoms with Gasteiger partial charge in [0.15, 0.2) is 0 Å². The summed E-state index contributed by atoms with van der Waals surface area (Å²) in [6.07, 6.45) is 2.30. The van der Waals surface area contributed by atoms with Gasteiger partial charge in [-0.2, -0.15) is 0 Å².